The molecule has 0 amide bonds. The van der Waals surface area contributed by atoms with E-state index in [0.717, 1.165) is 6.42 Å². The first-order chi connectivity index (χ1) is 13.9. The Morgan fingerprint density at radius 2 is 1.86 bits per heavy atom. The van der Waals surface area contributed by atoms with Crippen LogP contribution < -0.4 is 20.5 Å². The van der Waals surface area contributed by atoms with Gasteiger partial charge in [0.15, 0.2) is 0 Å². The minimum Gasteiger partial charge on any atom is -0.495 e. The van der Waals surface area contributed by atoms with Crippen LogP contribution in [0.4, 0.5) is 10.3 Å². The lowest BCUT2D eigenvalue weighted by molar-refractivity contribution is 0.0766. The number of halogens is 3. The van der Waals surface area contributed by atoms with E-state index in [1.807, 2.05) is 0 Å². The van der Waals surface area contributed by atoms with Crippen LogP contribution in [0, 0.1) is 0 Å². The Morgan fingerprint density at radius 1 is 1.24 bits per heavy atom. The molecule has 1 aliphatic heterocycles. The average molecular weight is 443 g/mol. The molecule has 29 heavy (non-hydrogen) atoms. The smallest absolute Gasteiger partial charge is 0.222 e. The number of ether oxygens (including phenoxy) is 3. The van der Waals surface area contributed by atoms with E-state index < -0.39 is 5.83 Å². The van der Waals surface area contributed by atoms with Crippen molar-refractivity contribution >= 4 is 41.1 Å². The summed E-state index contributed by atoms with van der Waals surface area (Å²) >= 11 is 12.5. The maximum atomic E-state index is 15.0. The Hall–Kier alpha value is -2.13. The molecule has 10 heteroatoms. The summed E-state index contributed by atoms with van der Waals surface area (Å²) in [6.07, 6.45) is 4.94. The average Bonchev–Trinajstić information content (AvgIpc) is 2.71. The fourth-order valence-electron chi connectivity index (χ4n) is 2.87. The number of methoxy groups -OCH3 is 2. The van der Waals surface area contributed by atoms with Crippen LogP contribution in [0.3, 0.4) is 0 Å². The summed E-state index contributed by atoms with van der Waals surface area (Å²) in [5.74, 6) is 0.193. The standard InChI is InChI=1S/C19H21Cl2FN4O3/c1-27-14-6-15(28-2)18(21)16(17(14)20)11(22)5-10-7-24-19(25-8-10)26-13-9-29-4-3-12(13)23/h5-8,12-13H,3-4,9,23H2,1-2H3,(H,24,25,26)/b11-5-/t12-,13+/m1/s1. The molecule has 1 fully saturated rings. The molecule has 3 rings (SSSR count). The molecular weight excluding hydrogens is 422 g/mol. The molecule has 1 saturated heterocycles. The Balaban J connectivity index is 1.83. The van der Waals surface area contributed by atoms with E-state index in [0.29, 0.717) is 24.7 Å². The summed E-state index contributed by atoms with van der Waals surface area (Å²) in [7, 11) is 2.84. The Labute approximate surface area is 178 Å². The summed E-state index contributed by atoms with van der Waals surface area (Å²) in [4.78, 5) is 8.41. The number of hydrogen-bond acceptors (Lipinski definition) is 7. The van der Waals surface area contributed by atoms with Crippen molar-refractivity contribution in [2.45, 2.75) is 18.5 Å². The SMILES string of the molecule is COc1cc(OC)c(Cl)c(/C(F)=C/c2cnc(N[C@H]3COCC[C@H]3N)nc2)c1Cl. The van der Waals surface area contributed by atoms with Gasteiger partial charge in [0.25, 0.3) is 0 Å². The fourth-order valence-corrected chi connectivity index (χ4v) is 3.55. The zero-order valence-electron chi connectivity index (χ0n) is 15.9. The topological polar surface area (TPSA) is 91.5 Å². The van der Waals surface area contributed by atoms with Crippen LogP contribution in [-0.2, 0) is 4.74 Å². The van der Waals surface area contributed by atoms with Crippen LogP contribution in [-0.4, -0.2) is 49.5 Å². The summed E-state index contributed by atoms with van der Waals surface area (Å²) in [6.45, 7) is 1.12. The molecule has 3 N–H and O–H groups in total. The second-order valence-corrected chi connectivity index (χ2v) is 7.15. The summed E-state index contributed by atoms with van der Waals surface area (Å²) in [5.41, 5.74) is 6.45. The van der Waals surface area contributed by atoms with E-state index >= 15 is 0 Å². The third-order valence-electron chi connectivity index (χ3n) is 4.50. The number of hydrogen-bond donors (Lipinski definition) is 2. The molecule has 1 aromatic carbocycles. The van der Waals surface area contributed by atoms with Crippen LogP contribution in [0.15, 0.2) is 18.5 Å². The van der Waals surface area contributed by atoms with Gasteiger partial charge in [-0.3, -0.25) is 0 Å². The van der Waals surface area contributed by atoms with Gasteiger partial charge in [-0.25, -0.2) is 14.4 Å². The molecule has 2 heterocycles. The van der Waals surface area contributed by atoms with Crippen molar-refractivity contribution in [1.29, 1.82) is 0 Å². The number of anilines is 1. The first kappa shape index (κ1) is 21.6. The third kappa shape index (κ3) is 4.90. The van der Waals surface area contributed by atoms with Gasteiger partial charge in [-0.15, -0.1) is 0 Å². The quantitative estimate of drug-likeness (QED) is 0.702. The highest BCUT2D eigenvalue weighted by Gasteiger charge is 2.23. The van der Waals surface area contributed by atoms with Gasteiger partial charge >= 0.3 is 0 Å². The third-order valence-corrected chi connectivity index (χ3v) is 5.25. The van der Waals surface area contributed by atoms with E-state index in [9.17, 15) is 4.39 Å². The lowest BCUT2D eigenvalue weighted by atomic mass is 10.1. The van der Waals surface area contributed by atoms with E-state index in [1.54, 1.807) is 0 Å². The molecule has 7 nitrogen and oxygen atoms in total. The van der Waals surface area contributed by atoms with Crippen molar-refractivity contribution in [3.63, 3.8) is 0 Å². The second kappa shape index (κ2) is 9.58. The zero-order valence-corrected chi connectivity index (χ0v) is 17.4. The molecule has 0 saturated carbocycles. The van der Waals surface area contributed by atoms with Crippen molar-refractivity contribution in [1.82, 2.24) is 9.97 Å². The van der Waals surface area contributed by atoms with Crippen LogP contribution in [0.25, 0.3) is 11.9 Å². The maximum absolute atomic E-state index is 15.0. The van der Waals surface area contributed by atoms with Crippen molar-refractivity contribution in [2.24, 2.45) is 5.73 Å². The first-order valence-corrected chi connectivity index (χ1v) is 9.59. The van der Waals surface area contributed by atoms with Gasteiger partial charge in [0.2, 0.25) is 5.95 Å². The molecule has 156 valence electrons. The van der Waals surface area contributed by atoms with Crippen LogP contribution in [0.1, 0.15) is 17.5 Å². The number of rotatable bonds is 6. The fraction of sp³-hybridized carbons (Fsp3) is 0.368. The monoisotopic (exact) mass is 442 g/mol. The number of aromatic nitrogens is 2. The van der Waals surface area contributed by atoms with Crippen LogP contribution in [0.2, 0.25) is 10.0 Å². The predicted octanol–water partition coefficient (Wildman–Crippen LogP) is 3.80. The highest BCUT2D eigenvalue weighted by molar-refractivity contribution is 6.39. The maximum Gasteiger partial charge on any atom is 0.222 e. The second-order valence-electron chi connectivity index (χ2n) is 6.39. The Kier molecular flexibility index (Phi) is 7.13. The lowest BCUT2D eigenvalue weighted by Crippen LogP contribution is -2.47. The van der Waals surface area contributed by atoms with E-state index in [-0.39, 0.29) is 39.2 Å². The normalized spacial score (nSPS) is 19.7. The lowest BCUT2D eigenvalue weighted by Gasteiger charge is -2.29. The van der Waals surface area contributed by atoms with Gasteiger partial charge in [0.1, 0.15) is 17.3 Å². The summed E-state index contributed by atoms with van der Waals surface area (Å²) in [5, 5.41) is 3.21. The molecule has 1 aliphatic rings. The molecular formula is C19H21Cl2FN4O3. The Morgan fingerprint density at radius 3 is 2.41 bits per heavy atom. The molecule has 2 aromatic rings. The van der Waals surface area contributed by atoms with Gasteiger partial charge in [-0.2, -0.15) is 0 Å². The van der Waals surface area contributed by atoms with Crippen molar-refractivity contribution in [2.75, 3.05) is 32.8 Å². The van der Waals surface area contributed by atoms with E-state index in [1.165, 1.54) is 38.8 Å². The van der Waals surface area contributed by atoms with E-state index in [4.69, 9.17) is 43.1 Å². The molecule has 0 unspecified atom stereocenters. The van der Waals surface area contributed by atoms with Crippen molar-refractivity contribution < 1.29 is 18.6 Å². The van der Waals surface area contributed by atoms with Crippen molar-refractivity contribution in [3.05, 3.63) is 39.6 Å². The molecule has 0 bridgehead atoms. The number of benzene rings is 1. The molecule has 0 spiro atoms. The van der Waals surface area contributed by atoms with Gasteiger partial charge in [-0.1, -0.05) is 23.2 Å². The highest BCUT2D eigenvalue weighted by atomic mass is 35.5. The summed E-state index contributed by atoms with van der Waals surface area (Å²) < 4.78 is 30.7. The minimum absolute atomic E-state index is 0.0305. The van der Waals surface area contributed by atoms with Crippen molar-refractivity contribution in [3.8, 4) is 11.5 Å². The molecule has 1 aromatic heterocycles. The Bertz CT molecular complexity index is 868. The predicted molar refractivity (Wildman–Crippen MR) is 111 cm³/mol. The van der Waals surface area contributed by atoms with Gasteiger partial charge in [-0.05, 0) is 12.5 Å². The van der Waals surface area contributed by atoms with E-state index in [2.05, 4.69) is 15.3 Å². The van der Waals surface area contributed by atoms with Crippen LogP contribution in [0.5, 0.6) is 11.5 Å². The van der Waals surface area contributed by atoms with Gasteiger partial charge in [0, 0.05) is 36.7 Å². The largest absolute Gasteiger partial charge is 0.495 e. The number of nitrogens with one attached hydrogen (secondary N) is 1. The number of nitrogens with zero attached hydrogens (tertiary/aromatic N) is 2. The zero-order chi connectivity index (χ0) is 21.0. The number of nitrogens with two attached hydrogens (primary N) is 1. The van der Waals surface area contributed by atoms with Gasteiger partial charge in [0.05, 0.1) is 42.5 Å². The highest BCUT2D eigenvalue weighted by Crippen LogP contribution is 2.44. The molecule has 0 aliphatic carbocycles. The molecule has 2 atom stereocenters. The minimum atomic E-state index is -0.677. The molecule has 0 radical (unpaired) electrons. The van der Waals surface area contributed by atoms with Crippen LogP contribution >= 0.6 is 23.2 Å². The summed E-state index contributed by atoms with van der Waals surface area (Å²) in [6, 6.07) is 1.37. The van der Waals surface area contributed by atoms with Gasteiger partial charge < -0.3 is 25.3 Å². The first-order valence-electron chi connectivity index (χ1n) is 8.84.